The van der Waals surface area contributed by atoms with Crippen LogP contribution in [0.4, 0.5) is 0 Å². The van der Waals surface area contributed by atoms with E-state index in [1.807, 2.05) is 24.3 Å². The van der Waals surface area contributed by atoms with Gasteiger partial charge in [-0.1, -0.05) is 18.2 Å². The SMILES string of the molecule is O=CC=CC=Cc1ccccn1. The van der Waals surface area contributed by atoms with Gasteiger partial charge in [-0.2, -0.15) is 0 Å². The Morgan fingerprint density at radius 3 is 2.75 bits per heavy atom. The van der Waals surface area contributed by atoms with Gasteiger partial charge in [0.15, 0.2) is 0 Å². The summed E-state index contributed by atoms with van der Waals surface area (Å²) in [7, 11) is 0. The molecule has 0 radical (unpaired) electrons. The molecule has 1 aromatic heterocycles. The standard InChI is InChI=1S/C10H9NO/c12-9-5-1-2-6-10-7-3-4-8-11-10/h1-9H. The van der Waals surface area contributed by atoms with E-state index < -0.39 is 0 Å². The second kappa shape index (κ2) is 5.02. The van der Waals surface area contributed by atoms with Gasteiger partial charge in [-0.05, 0) is 24.3 Å². The van der Waals surface area contributed by atoms with Crippen molar-refractivity contribution in [2.75, 3.05) is 0 Å². The average Bonchev–Trinajstić information content (AvgIpc) is 2.14. The molecule has 1 aromatic rings. The van der Waals surface area contributed by atoms with Gasteiger partial charge in [-0.3, -0.25) is 9.78 Å². The highest BCUT2D eigenvalue weighted by molar-refractivity contribution is 5.66. The van der Waals surface area contributed by atoms with E-state index in [1.165, 1.54) is 6.08 Å². The van der Waals surface area contributed by atoms with Crippen LogP contribution in [0.1, 0.15) is 5.69 Å². The number of nitrogens with zero attached hydrogens (tertiary/aromatic N) is 1. The molecule has 0 amide bonds. The molecule has 2 nitrogen and oxygen atoms in total. The average molecular weight is 159 g/mol. The van der Waals surface area contributed by atoms with Crippen molar-refractivity contribution in [1.82, 2.24) is 4.98 Å². The van der Waals surface area contributed by atoms with Gasteiger partial charge in [-0.15, -0.1) is 0 Å². The summed E-state index contributed by atoms with van der Waals surface area (Å²) in [5.74, 6) is 0. The number of pyridine rings is 1. The lowest BCUT2D eigenvalue weighted by Gasteiger charge is -1.86. The normalized spacial score (nSPS) is 11.0. The lowest BCUT2D eigenvalue weighted by Crippen LogP contribution is -1.74. The molecular formula is C10H9NO. The zero-order chi connectivity index (χ0) is 8.65. The van der Waals surface area contributed by atoms with E-state index in [2.05, 4.69) is 4.98 Å². The van der Waals surface area contributed by atoms with Crippen LogP contribution in [0.15, 0.2) is 42.6 Å². The molecule has 0 aliphatic rings. The van der Waals surface area contributed by atoms with Crippen LogP contribution >= 0.6 is 0 Å². The van der Waals surface area contributed by atoms with Crippen molar-refractivity contribution in [3.05, 3.63) is 48.3 Å². The molecule has 0 aliphatic heterocycles. The van der Waals surface area contributed by atoms with E-state index in [1.54, 1.807) is 18.3 Å². The first kappa shape index (κ1) is 8.40. The number of rotatable bonds is 3. The van der Waals surface area contributed by atoms with Crippen molar-refractivity contribution < 1.29 is 4.79 Å². The minimum Gasteiger partial charge on any atom is -0.299 e. The van der Waals surface area contributed by atoms with Gasteiger partial charge in [0.25, 0.3) is 0 Å². The molecule has 0 fully saturated rings. The maximum Gasteiger partial charge on any atom is 0.142 e. The van der Waals surface area contributed by atoms with Crippen LogP contribution < -0.4 is 0 Å². The maximum absolute atomic E-state index is 9.88. The number of hydrogen-bond donors (Lipinski definition) is 0. The van der Waals surface area contributed by atoms with Gasteiger partial charge in [-0.25, -0.2) is 0 Å². The first-order valence-corrected chi connectivity index (χ1v) is 3.63. The fourth-order valence-corrected chi connectivity index (χ4v) is 0.738. The molecule has 0 N–H and O–H groups in total. The van der Waals surface area contributed by atoms with Crippen LogP contribution in [0.3, 0.4) is 0 Å². The molecule has 1 rings (SSSR count). The molecule has 0 aliphatic carbocycles. The summed E-state index contributed by atoms with van der Waals surface area (Å²) in [6.07, 6.45) is 9.17. The largest absolute Gasteiger partial charge is 0.299 e. The molecule has 2 heteroatoms. The number of aromatic nitrogens is 1. The Bertz CT molecular complexity index is 288. The Balaban J connectivity index is 2.58. The molecule has 0 saturated carbocycles. The summed E-state index contributed by atoms with van der Waals surface area (Å²) in [6.45, 7) is 0. The number of carbonyl (C=O) groups is 1. The minimum atomic E-state index is 0.739. The minimum absolute atomic E-state index is 0.739. The fourth-order valence-electron chi connectivity index (χ4n) is 0.738. The Hall–Kier alpha value is -1.70. The smallest absolute Gasteiger partial charge is 0.142 e. The highest BCUT2D eigenvalue weighted by atomic mass is 16.1. The molecule has 0 saturated heterocycles. The molecule has 0 spiro atoms. The first-order chi connectivity index (χ1) is 5.93. The van der Waals surface area contributed by atoms with E-state index in [9.17, 15) is 4.79 Å². The van der Waals surface area contributed by atoms with Crippen LogP contribution in [0, 0.1) is 0 Å². The fraction of sp³-hybridized carbons (Fsp3) is 0. The summed E-state index contributed by atoms with van der Waals surface area (Å²) < 4.78 is 0. The van der Waals surface area contributed by atoms with Gasteiger partial charge >= 0.3 is 0 Å². The molecule has 60 valence electrons. The zero-order valence-corrected chi connectivity index (χ0v) is 6.55. The second-order valence-corrected chi connectivity index (χ2v) is 2.13. The van der Waals surface area contributed by atoms with Crippen LogP contribution in [0.5, 0.6) is 0 Å². The summed E-state index contributed by atoms with van der Waals surface area (Å²) in [6, 6.07) is 5.67. The predicted molar refractivity (Wildman–Crippen MR) is 48.5 cm³/mol. The first-order valence-electron chi connectivity index (χ1n) is 3.63. The van der Waals surface area contributed by atoms with Crippen LogP contribution in [-0.2, 0) is 4.79 Å². The van der Waals surface area contributed by atoms with E-state index in [0.29, 0.717) is 0 Å². The third-order valence-corrected chi connectivity index (χ3v) is 1.26. The van der Waals surface area contributed by atoms with Crippen molar-refractivity contribution in [1.29, 1.82) is 0 Å². The quantitative estimate of drug-likeness (QED) is 0.382. The Morgan fingerprint density at radius 1 is 1.17 bits per heavy atom. The van der Waals surface area contributed by atoms with Crippen LogP contribution in [0.2, 0.25) is 0 Å². The Morgan fingerprint density at radius 2 is 2.08 bits per heavy atom. The van der Waals surface area contributed by atoms with Gasteiger partial charge in [0.1, 0.15) is 6.29 Å². The predicted octanol–water partition coefficient (Wildman–Crippen LogP) is 1.85. The van der Waals surface area contributed by atoms with Crippen molar-refractivity contribution in [3.8, 4) is 0 Å². The molecule has 0 bridgehead atoms. The maximum atomic E-state index is 9.88. The third-order valence-electron chi connectivity index (χ3n) is 1.26. The van der Waals surface area contributed by atoms with Crippen molar-refractivity contribution in [3.63, 3.8) is 0 Å². The number of aldehydes is 1. The number of allylic oxidation sites excluding steroid dienone is 3. The lowest BCUT2D eigenvalue weighted by molar-refractivity contribution is -0.104. The second-order valence-electron chi connectivity index (χ2n) is 2.13. The topological polar surface area (TPSA) is 30.0 Å². The summed E-state index contributed by atoms with van der Waals surface area (Å²) in [5.41, 5.74) is 0.882. The van der Waals surface area contributed by atoms with Gasteiger partial charge < -0.3 is 0 Å². The molecule has 0 aromatic carbocycles. The molecule has 12 heavy (non-hydrogen) atoms. The summed E-state index contributed by atoms with van der Waals surface area (Å²) in [5, 5.41) is 0. The molecule has 1 heterocycles. The molecular weight excluding hydrogens is 150 g/mol. The summed E-state index contributed by atoms with van der Waals surface area (Å²) >= 11 is 0. The van der Waals surface area contributed by atoms with E-state index in [0.717, 1.165) is 12.0 Å². The van der Waals surface area contributed by atoms with E-state index >= 15 is 0 Å². The van der Waals surface area contributed by atoms with Crippen LogP contribution in [-0.4, -0.2) is 11.3 Å². The van der Waals surface area contributed by atoms with Crippen molar-refractivity contribution in [2.45, 2.75) is 0 Å². The van der Waals surface area contributed by atoms with Crippen molar-refractivity contribution in [2.24, 2.45) is 0 Å². The van der Waals surface area contributed by atoms with Gasteiger partial charge in [0, 0.05) is 6.20 Å². The van der Waals surface area contributed by atoms with Gasteiger partial charge in [0.05, 0.1) is 5.69 Å². The molecule has 0 atom stereocenters. The summed E-state index contributed by atoms with van der Waals surface area (Å²) in [4.78, 5) is 13.9. The monoisotopic (exact) mass is 159 g/mol. The molecule has 0 unspecified atom stereocenters. The number of hydrogen-bond acceptors (Lipinski definition) is 2. The highest BCUT2D eigenvalue weighted by Gasteiger charge is 1.80. The lowest BCUT2D eigenvalue weighted by atomic mass is 10.3. The van der Waals surface area contributed by atoms with E-state index in [-0.39, 0.29) is 0 Å². The highest BCUT2D eigenvalue weighted by Crippen LogP contribution is 1.95. The van der Waals surface area contributed by atoms with Crippen molar-refractivity contribution >= 4 is 12.4 Å². The number of carbonyl (C=O) groups excluding carboxylic acids is 1. The Kier molecular flexibility index (Phi) is 3.51. The Labute approximate surface area is 71.3 Å². The van der Waals surface area contributed by atoms with Crippen LogP contribution in [0.25, 0.3) is 6.08 Å². The zero-order valence-electron chi connectivity index (χ0n) is 6.55. The van der Waals surface area contributed by atoms with E-state index in [4.69, 9.17) is 0 Å². The third kappa shape index (κ3) is 2.92. The van der Waals surface area contributed by atoms with Gasteiger partial charge in [0.2, 0.25) is 0 Å².